The molecular weight excluding hydrogens is 376 g/mol. The van der Waals surface area contributed by atoms with Gasteiger partial charge in [0.2, 0.25) is 0 Å². The van der Waals surface area contributed by atoms with Crippen molar-refractivity contribution < 1.29 is 20.4 Å². The molecule has 0 aliphatic carbocycles. The van der Waals surface area contributed by atoms with Crippen LogP contribution in [-0.2, 0) is 0 Å². The van der Waals surface area contributed by atoms with Crippen molar-refractivity contribution in [2.24, 2.45) is 0 Å². The lowest BCUT2D eigenvalue weighted by molar-refractivity contribution is -0.00700. The molecule has 4 unspecified atom stereocenters. The van der Waals surface area contributed by atoms with Crippen LogP contribution in [0, 0.1) is 0 Å². The molecule has 0 aromatic carbocycles. The van der Waals surface area contributed by atoms with E-state index in [0.717, 1.165) is 25.7 Å². The number of rotatable bonds is 23. The Balaban J connectivity index is 3.62. The fraction of sp³-hybridized carbons (Fsp3) is 1.00. The molecule has 0 saturated heterocycles. The van der Waals surface area contributed by atoms with Crippen molar-refractivity contribution >= 4 is 0 Å². The highest BCUT2D eigenvalue weighted by Crippen LogP contribution is 2.17. The highest BCUT2D eigenvalue weighted by atomic mass is 16.3. The molecule has 0 bridgehead atoms. The second kappa shape index (κ2) is 22.0. The average molecular weight is 431 g/mol. The third kappa shape index (κ3) is 19.8. The minimum Gasteiger partial charge on any atom is -0.393 e. The fourth-order valence-corrected chi connectivity index (χ4v) is 4.07. The predicted octanol–water partition coefficient (Wildman–Crippen LogP) is 6.27. The van der Waals surface area contributed by atoms with E-state index in [1.54, 1.807) is 0 Å². The quantitative estimate of drug-likeness (QED) is 0.144. The molecule has 4 N–H and O–H groups in total. The van der Waals surface area contributed by atoms with E-state index in [0.29, 0.717) is 25.7 Å². The zero-order chi connectivity index (χ0) is 22.5. The first-order valence-corrected chi connectivity index (χ1v) is 13.2. The van der Waals surface area contributed by atoms with Gasteiger partial charge in [-0.05, 0) is 38.5 Å². The van der Waals surface area contributed by atoms with E-state index in [1.165, 1.54) is 77.0 Å². The molecular formula is C26H54O4. The maximum absolute atomic E-state index is 10.1. The summed E-state index contributed by atoms with van der Waals surface area (Å²) >= 11 is 0. The SMILES string of the molecule is CCCCCCCCCC(O)CCC(O)C(O)CCC(O)CCCCCCCCC. The summed E-state index contributed by atoms with van der Waals surface area (Å²) in [5.74, 6) is 0. The Hall–Kier alpha value is -0.160. The molecule has 0 spiro atoms. The van der Waals surface area contributed by atoms with Crippen molar-refractivity contribution in [3.8, 4) is 0 Å². The van der Waals surface area contributed by atoms with Gasteiger partial charge in [0.25, 0.3) is 0 Å². The van der Waals surface area contributed by atoms with Gasteiger partial charge in [-0.2, -0.15) is 0 Å². The molecule has 0 radical (unpaired) electrons. The number of aliphatic hydroxyl groups excluding tert-OH is 4. The van der Waals surface area contributed by atoms with E-state index >= 15 is 0 Å². The second-order valence-electron chi connectivity index (χ2n) is 9.42. The van der Waals surface area contributed by atoms with E-state index < -0.39 is 12.2 Å². The van der Waals surface area contributed by atoms with E-state index in [2.05, 4.69) is 13.8 Å². The average Bonchev–Trinajstić information content (AvgIpc) is 2.74. The summed E-state index contributed by atoms with van der Waals surface area (Å²) in [5.41, 5.74) is 0. The van der Waals surface area contributed by atoms with Crippen molar-refractivity contribution in [1.82, 2.24) is 0 Å². The Morgan fingerprint density at radius 1 is 0.367 bits per heavy atom. The standard InChI is InChI=1S/C26H54O4/c1-3-5-7-9-11-13-15-17-23(27)19-21-25(29)26(30)22-20-24(28)18-16-14-12-10-8-6-4-2/h23-30H,3-22H2,1-2H3. The Morgan fingerprint density at radius 2 is 0.667 bits per heavy atom. The summed E-state index contributed by atoms with van der Waals surface area (Å²) in [5, 5.41) is 40.5. The van der Waals surface area contributed by atoms with Gasteiger partial charge in [0, 0.05) is 0 Å². The van der Waals surface area contributed by atoms with E-state index in [-0.39, 0.29) is 12.2 Å². The summed E-state index contributed by atoms with van der Waals surface area (Å²) in [6, 6.07) is 0. The maximum atomic E-state index is 10.1. The first kappa shape index (κ1) is 29.8. The Kier molecular flexibility index (Phi) is 21.9. The van der Waals surface area contributed by atoms with Gasteiger partial charge in [0.15, 0.2) is 0 Å². The van der Waals surface area contributed by atoms with Gasteiger partial charge in [0.05, 0.1) is 24.4 Å². The summed E-state index contributed by atoms with van der Waals surface area (Å²) in [6.07, 6.45) is 18.4. The van der Waals surface area contributed by atoms with E-state index in [1.807, 2.05) is 0 Å². The highest BCUT2D eigenvalue weighted by Gasteiger charge is 2.19. The van der Waals surface area contributed by atoms with Crippen LogP contribution in [0.1, 0.15) is 142 Å². The van der Waals surface area contributed by atoms with Crippen molar-refractivity contribution in [1.29, 1.82) is 0 Å². The van der Waals surface area contributed by atoms with Crippen LogP contribution in [0.3, 0.4) is 0 Å². The monoisotopic (exact) mass is 430 g/mol. The fourth-order valence-electron chi connectivity index (χ4n) is 4.07. The molecule has 0 aromatic heterocycles. The van der Waals surface area contributed by atoms with Gasteiger partial charge in [-0.3, -0.25) is 0 Å². The van der Waals surface area contributed by atoms with Crippen LogP contribution in [0.2, 0.25) is 0 Å². The molecule has 0 amide bonds. The van der Waals surface area contributed by atoms with Crippen molar-refractivity contribution in [2.45, 2.75) is 167 Å². The minimum atomic E-state index is -0.806. The summed E-state index contributed by atoms with van der Waals surface area (Å²) in [4.78, 5) is 0. The second-order valence-corrected chi connectivity index (χ2v) is 9.42. The van der Waals surface area contributed by atoms with Gasteiger partial charge in [-0.15, -0.1) is 0 Å². The zero-order valence-corrected chi connectivity index (χ0v) is 20.2. The molecule has 0 aliphatic rings. The van der Waals surface area contributed by atoms with Gasteiger partial charge >= 0.3 is 0 Å². The highest BCUT2D eigenvalue weighted by molar-refractivity contribution is 4.71. The summed E-state index contributed by atoms with van der Waals surface area (Å²) in [6.45, 7) is 4.45. The molecule has 30 heavy (non-hydrogen) atoms. The first-order chi connectivity index (χ1) is 14.5. The molecule has 0 aromatic rings. The molecule has 182 valence electrons. The Bertz CT molecular complexity index is 305. The molecule has 0 rings (SSSR count). The smallest absolute Gasteiger partial charge is 0.0800 e. The molecule has 4 heteroatoms. The van der Waals surface area contributed by atoms with Crippen LogP contribution in [0.5, 0.6) is 0 Å². The lowest BCUT2D eigenvalue weighted by Crippen LogP contribution is -2.28. The predicted molar refractivity (Wildman–Crippen MR) is 128 cm³/mol. The van der Waals surface area contributed by atoms with Gasteiger partial charge in [0.1, 0.15) is 0 Å². The maximum Gasteiger partial charge on any atom is 0.0800 e. The van der Waals surface area contributed by atoms with Crippen molar-refractivity contribution in [3.63, 3.8) is 0 Å². The largest absolute Gasteiger partial charge is 0.393 e. The molecule has 0 saturated carbocycles. The van der Waals surface area contributed by atoms with Crippen molar-refractivity contribution in [3.05, 3.63) is 0 Å². The summed E-state index contributed by atoms with van der Waals surface area (Å²) < 4.78 is 0. The van der Waals surface area contributed by atoms with Gasteiger partial charge in [-0.25, -0.2) is 0 Å². The number of aliphatic hydroxyl groups is 4. The normalized spacial score (nSPS) is 15.8. The zero-order valence-electron chi connectivity index (χ0n) is 20.2. The number of hydrogen-bond acceptors (Lipinski definition) is 4. The van der Waals surface area contributed by atoms with E-state index in [4.69, 9.17) is 0 Å². The third-order valence-corrected chi connectivity index (χ3v) is 6.32. The van der Waals surface area contributed by atoms with Crippen LogP contribution in [0.4, 0.5) is 0 Å². The summed E-state index contributed by atoms with van der Waals surface area (Å²) in [7, 11) is 0. The minimum absolute atomic E-state index is 0.384. The first-order valence-electron chi connectivity index (χ1n) is 13.2. The van der Waals surface area contributed by atoms with Crippen LogP contribution in [0.25, 0.3) is 0 Å². The molecule has 0 aliphatic heterocycles. The van der Waals surface area contributed by atoms with Gasteiger partial charge in [-0.1, -0.05) is 104 Å². The van der Waals surface area contributed by atoms with E-state index in [9.17, 15) is 20.4 Å². The van der Waals surface area contributed by atoms with Crippen LogP contribution >= 0.6 is 0 Å². The molecule has 0 heterocycles. The lowest BCUT2D eigenvalue weighted by atomic mass is 9.97. The Labute approximate surface area is 187 Å². The Morgan fingerprint density at radius 3 is 1.00 bits per heavy atom. The lowest BCUT2D eigenvalue weighted by Gasteiger charge is -2.20. The third-order valence-electron chi connectivity index (χ3n) is 6.32. The number of unbranched alkanes of at least 4 members (excludes halogenated alkanes) is 12. The van der Waals surface area contributed by atoms with Gasteiger partial charge < -0.3 is 20.4 Å². The van der Waals surface area contributed by atoms with Crippen LogP contribution in [-0.4, -0.2) is 44.8 Å². The van der Waals surface area contributed by atoms with Crippen LogP contribution in [0.15, 0.2) is 0 Å². The topological polar surface area (TPSA) is 80.9 Å². The number of hydrogen-bond donors (Lipinski definition) is 4. The molecule has 4 atom stereocenters. The van der Waals surface area contributed by atoms with Crippen LogP contribution < -0.4 is 0 Å². The molecule has 4 nitrogen and oxygen atoms in total. The van der Waals surface area contributed by atoms with Crippen molar-refractivity contribution in [2.75, 3.05) is 0 Å². The molecule has 0 fully saturated rings.